The van der Waals surface area contributed by atoms with Gasteiger partial charge in [-0.15, -0.1) is 6.58 Å². The van der Waals surface area contributed by atoms with Gasteiger partial charge in [-0.2, -0.15) is 0 Å². The molecule has 3 aromatic carbocycles. The van der Waals surface area contributed by atoms with Crippen LogP contribution in [0.25, 0.3) is 6.08 Å². The lowest BCUT2D eigenvalue weighted by atomic mass is 10.1. The Labute approximate surface area is 188 Å². The number of para-hydroxylation sites is 1. The molecule has 0 saturated heterocycles. The average molecular weight is 431 g/mol. The second kappa shape index (κ2) is 10.9. The predicted octanol–water partition coefficient (Wildman–Crippen LogP) is 5.61. The Kier molecular flexibility index (Phi) is 7.70. The summed E-state index contributed by atoms with van der Waals surface area (Å²) in [6.45, 7) is 4.12. The average Bonchev–Trinajstić information content (AvgIpc) is 2.82. The molecule has 1 N–H and O–H groups in total. The summed E-state index contributed by atoms with van der Waals surface area (Å²) in [7, 11) is 3.05. The first-order valence-electron chi connectivity index (χ1n) is 10.1. The number of benzene rings is 3. The molecule has 0 heterocycles. The maximum atomic E-state index is 12.5. The first-order valence-corrected chi connectivity index (χ1v) is 10.1. The Hall–Kier alpha value is -3.99. The number of phenols is 1. The largest absolute Gasteiger partial charge is 0.504 e. The molecule has 164 valence electrons. The number of aromatic hydroxyl groups is 1. The highest BCUT2D eigenvalue weighted by Gasteiger charge is 2.09. The van der Waals surface area contributed by atoms with Gasteiger partial charge in [0.1, 0.15) is 18.1 Å². The predicted molar refractivity (Wildman–Crippen MR) is 126 cm³/mol. The van der Waals surface area contributed by atoms with Crippen LogP contribution in [0.15, 0.2) is 79.4 Å². The smallest absolute Gasteiger partial charge is 0.185 e. The van der Waals surface area contributed by atoms with E-state index < -0.39 is 0 Å². The number of ether oxygens (including phenoxy) is 3. The molecule has 0 atom stereocenters. The van der Waals surface area contributed by atoms with Crippen molar-refractivity contribution >= 4 is 11.9 Å². The molecule has 0 unspecified atom stereocenters. The van der Waals surface area contributed by atoms with Crippen LogP contribution in [-0.4, -0.2) is 25.1 Å². The molecule has 0 amide bonds. The molecule has 5 heteroatoms. The van der Waals surface area contributed by atoms with E-state index in [9.17, 15) is 9.90 Å². The summed E-state index contributed by atoms with van der Waals surface area (Å²) in [5.74, 6) is 1.55. The third-order valence-corrected chi connectivity index (χ3v) is 4.92. The monoisotopic (exact) mass is 430 g/mol. The summed E-state index contributed by atoms with van der Waals surface area (Å²) in [6.07, 6.45) is 5.78. The minimum atomic E-state index is -0.199. The number of phenolic OH excluding ortho intramolecular Hbond substituents is 1. The number of allylic oxidation sites excluding steroid dienone is 2. The fourth-order valence-electron chi connectivity index (χ4n) is 3.24. The molecule has 32 heavy (non-hydrogen) atoms. The second-order valence-electron chi connectivity index (χ2n) is 7.04. The fourth-order valence-corrected chi connectivity index (χ4v) is 3.24. The third kappa shape index (κ3) is 5.58. The molecule has 0 aliphatic rings. The molecule has 3 rings (SSSR count). The van der Waals surface area contributed by atoms with Crippen molar-refractivity contribution in [2.24, 2.45) is 0 Å². The molecule has 0 aliphatic carbocycles. The van der Waals surface area contributed by atoms with Crippen molar-refractivity contribution in [3.63, 3.8) is 0 Å². The Balaban J connectivity index is 1.77. The van der Waals surface area contributed by atoms with Crippen molar-refractivity contribution in [3.05, 3.63) is 102 Å². The van der Waals surface area contributed by atoms with Crippen LogP contribution in [0.1, 0.15) is 27.0 Å². The van der Waals surface area contributed by atoms with E-state index in [4.69, 9.17) is 14.2 Å². The van der Waals surface area contributed by atoms with Gasteiger partial charge in [-0.1, -0.05) is 36.4 Å². The number of rotatable bonds is 10. The van der Waals surface area contributed by atoms with E-state index >= 15 is 0 Å². The molecule has 0 radical (unpaired) electrons. The van der Waals surface area contributed by atoms with Crippen molar-refractivity contribution in [1.82, 2.24) is 0 Å². The summed E-state index contributed by atoms with van der Waals surface area (Å²) >= 11 is 0. The van der Waals surface area contributed by atoms with E-state index in [1.165, 1.54) is 25.3 Å². The highest BCUT2D eigenvalue weighted by molar-refractivity contribution is 6.07. The summed E-state index contributed by atoms with van der Waals surface area (Å²) < 4.78 is 16.6. The maximum Gasteiger partial charge on any atom is 0.185 e. The van der Waals surface area contributed by atoms with Gasteiger partial charge in [0.2, 0.25) is 0 Å². The standard InChI is InChI=1S/C27H26O5/c1-4-7-20-8-5-6-9-26(20)32-18-22-16-19(11-15-25(22)30-2)10-13-23(28)21-12-14-24(29)27(17-21)31-3/h4-6,8-17,29H,1,7,18H2,2-3H3/b13-10+. The van der Waals surface area contributed by atoms with Crippen molar-refractivity contribution in [1.29, 1.82) is 0 Å². The summed E-state index contributed by atoms with van der Waals surface area (Å²) in [4.78, 5) is 12.5. The summed E-state index contributed by atoms with van der Waals surface area (Å²) in [6, 6.07) is 18.0. The molecule has 0 aromatic heterocycles. The lowest BCUT2D eigenvalue weighted by Crippen LogP contribution is -2.01. The third-order valence-electron chi connectivity index (χ3n) is 4.92. The van der Waals surface area contributed by atoms with Crippen LogP contribution in [0.5, 0.6) is 23.0 Å². The van der Waals surface area contributed by atoms with E-state index in [0.717, 1.165) is 28.9 Å². The molecule has 0 spiro atoms. The molecule has 5 nitrogen and oxygen atoms in total. The zero-order chi connectivity index (χ0) is 22.9. The van der Waals surface area contributed by atoms with Crippen molar-refractivity contribution in [2.75, 3.05) is 14.2 Å². The topological polar surface area (TPSA) is 65.0 Å². The Morgan fingerprint density at radius 1 is 0.938 bits per heavy atom. The number of hydrogen-bond donors (Lipinski definition) is 1. The van der Waals surface area contributed by atoms with Crippen LogP contribution in [0.2, 0.25) is 0 Å². The van der Waals surface area contributed by atoms with Crippen LogP contribution in [0.4, 0.5) is 0 Å². The molecular weight excluding hydrogens is 404 g/mol. The lowest BCUT2D eigenvalue weighted by molar-refractivity contribution is 0.104. The van der Waals surface area contributed by atoms with E-state index in [-0.39, 0.29) is 17.3 Å². The fraction of sp³-hybridized carbons (Fsp3) is 0.148. The molecule has 0 bridgehead atoms. The quantitative estimate of drug-likeness (QED) is 0.257. The highest BCUT2D eigenvalue weighted by atomic mass is 16.5. The van der Waals surface area contributed by atoms with Crippen molar-refractivity contribution in [3.8, 4) is 23.0 Å². The van der Waals surface area contributed by atoms with E-state index in [0.29, 0.717) is 17.9 Å². The zero-order valence-electron chi connectivity index (χ0n) is 18.2. The van der Waals surface area contributed by atoms with Gasteiger partial charge in [0, 0.05) is 11.1 Å². The zero-order valence-corrected chi connectivity index (χ0v) is 18.2. The summed E-state index contributed by atoms with van der Waals surface area (Å²) in [5, 5.41) is 9.70. The minimum absolute atomic E-state index is 0.0116. The molecule has 0 aliphatic heterocycles. The summed E-state index contributed by atoms with van der Waals surface area (Å²) in [5.41, 5.74) is 3.18. The minimum Gasteiger partial charge on any atom is -0.504 e. The molecule has 3 aromatic rings. The van der Waals surface area contributed by atoms with Gasteiger partial charge >= 0.3 is 0 Å². The van der Waals surface area contributed by atoms with Crippen LogP contribution < -0.4 is 14.2 Å². The van der Waals surface area contributed by atoms with Gasteiger partial charge in [0.25, 0.3) is 0 Å². The number of carbonyl (C=O) groups excluding carboxylic acids is 1. The van der Waals surface area contributed by atoms with Crippen LogP contribution in [-0.2, 0) is 13.0 Å². The van der Waals surface area contributed by atoms with Crippen molar-refractivity contribution < 1.29 is 24.1 Å². The molecule has 0 saturated carbocycles. The van der Waals surface area contributed by atoms with Gasteiger partial charge in [-0.25, -0.2) is 0 Å². The number of methoxy groups -OCH3 is 2. The lowest BCUT2D eigenvalue weighted by Gasteiger charge is -2.13. The number of carbonyl (C=O) groups is 1. The van der Waals surface area contributed by atoms with Gasteiger partial charge in [-0.05, 0) is 60.0 Å². The van der Waals surface area contributed by atoms with Crippen molar-refractivity contribution in [2.45, 2.75) is 13.0 Å². The molecule has 0 fully saturated rings. The van der Waals surface area contributed by atoms with Crippen LogP contribution >= 0.6 is 0 Å². The highest BCUT2D eigenvalue weighted by Crippen LogP contribution is 2.27. The van der Waals surface area contributed by atoms with E-state index in [2.05, 4.69) is 6.58 Å². The Bertz CT molecular complexity index is 1130. The second-order valence-corrected chi connectivity index (χ2v) is 7.04. The first-order chi connectivity index (χ1) is 15.5. The first kappa shape index (κ1) is 22.7. The van der Waals surface area contributed by atoms with Gasteiger partial charge < -0.3 is 19.3 Å². The van der Waals surface area contributed by atoms with Gasteiger partial charge in [0.05, 0.1) is 14.2 Å². The SMILES string of the molecule is C=CCc1ccccc1OCc1cc(/C=C/C(=O)c2ccc(O)c(OC)c2)ccc1OC. The van der Waals surface area contributed by atoms with Crippen LogP contribution in [0.3, 0.4) is 0 Å². The Morgan fingerprint density at radius 2 is 1.72 bits per heavy atom. The Morgan fingerprint density at radius 3 is 2.47 bits per heavy atom. The van der Waals surface area contributed by atoms with E-state index in [1.807, 2.05) is 48.5 Å². The van der Waals surface area contributed by atoms with E-state index in [1.54, 1.807) is 19.3 Å². The van der Waals surface area contributed by atoms with Gasteiger partial charge in [-0.3, -0.25) is 4.79 Å². The number of ketones is 1. The normalized spacial score (nSPS) is 10.7. The number of hydrogen-bond acceptors (Lipinski definition) is 5. The van der Waals surface area contributed by atoms with Crippen LogP contribution in [0, 0.1) is 0 Å². The molecular formula is C27H26O5. The van der Waals surface area contributed by atoms with Gasteiger partial charge in [0.15, 0.2) is 17.3 Å². The maximum absolute atomic E-state index is 12.5.